The van der Waals surface area contributed by atoms with Crippen molar-refractivity contribution in [3.63, 3.8) is 0 Å². The Morgan fingerprint density at radius 2 is 1.93 bits per heavy atom. The SMILES string of the molecule is Cc1sc2nc(Cn3nc(C(=O)O)c4ccccc4c3=O)[nH]c(=O)c2c1C. The molecule has 0 aliphatic rings. The maximum Gasteiger partial charge on any atom is 0.357 e. The van der Waals surface area contributed by atoms with Crippen LogP contribution >= 0.6 is 11.3 Å². The van der Waals surface area contributed by atoms with E-state index in [0.717, 1.165) is 15.1 Å². The van der Waals surface area contributed by atoms with Gasteiger partial charge in [0.25, 0.3) is 11.1 Å². The summed E-state index contributed by atoms with van der Waals surface area (Å²) in [6.45, 7) is 3.64. The first-order chi connectivity index (χ1) is 12.9. The number of carboxylic acid groups (broad SMARTS) is 1. The number of aryl methyl sites for hydroxylation is 2. The molecule has 3 aromatic heterocycles. The lowest BCUT2D eigenvalue weighted by Crippen LogP contribution is -2.28. The van der Waals surface area contributed by atoms with Crippen molar-refractivity contribution in [1.29, 1.82) is 0 Å². The molecule has 8 nitrogen and oxygen atoms in total. The summed E-state index contributed by atoms with van der Waals surface area (Å²) < 4.78 is 1.02. The molecule has 0 aliphatic heterocycles. The van der Waals surface area contributed by atoms with Crippen LogP contribution in [0.2, 0.25) is 0 Å². The minimum atomic E-state index is -1.23. The van der Waals surface area contributed by atoms with E-state index in [2.05, 4.69) is 15.1 Å². The number of hydrogen-bond acceptors (Lipinski definition) is 6. The van der Waals surface area contributed by atoms with Crippen LogP contribution in [0.4, 0.5) is 0 Å². The number of nitrogens with zero attached hydrogens (tertiary/aromatic N) is 3. The van der Waals surface area contributed by atoms with E-state index in [1.807, 2.05) is 13.8 Å². The van der Waals surface area contributed by atoms with Crippen LogP contribution < -0.4 is 11.1 Å². The number of hydrogen-bond donors (Lipinski definition) is 2. The van der Waals surface area contributed by atoms with Crippen molar-refractivity contribution in [3.05, 3.63) is 66.9 Å². The van der Waals surface area contributed by atoms with Gasteiger partial charge in [-0.2, -0.15) is 5.10 Å². The Morgan fingerprint density at radius 1 is 1.22 bits per heavy atom. The van der Waals surface area contributed by atoms with E-state index in [1.165, 1.54) is 11.3 Å². The second-order valence-electron chi connectivity index (χ2n) is 6.14. The fourth-order valence-electron chi connectivity index (χ4n) is 3.02. The molecule has 1 aromatic carbocycles. The van der Waals surface area contributed by atoms with Crippen LogP contribution in [-0.2, 0) is 6.54 Å². The molecule has 0 spiro atoms. The van der Waals surface area contributed by atoms with Gasteiger partial charge in [-0.1, -0.05) is 18.2 Å². The zero-order valence-corrected chi connectivity index (χ0v) is 15.3. The third-order valence-electron chi connectivity index (χ3n) is 4.46. The van der Waals surface area contributed by atoms with Crippen LogP contribution in [0.25, 0.3) is 21.0 Å². The van der Waals surface area contributed by atoms with E-state index >= 15 is 0 Å². The predicted molar refractivity (Wildman–Crippen MR) is 102 cm³/mol. The third kappa shape index (κ3) is 2.72. The van der Waals surface area contributed by atoms with Gasteiger partial charge < -0.3 is 10.1 Å². The summed E-state index contributed by atoms with van der Waals surface area (Å²) in [7, 11) is 0. The second kappa shape index (κ2) is 6.13. The van der Waals surface area contributed by atoms with Crippen molar-refractivity contribution in [3.8, 4) is 0 Å². The number of aromatic nitrogens is 4. The summed E-state index contributed by atoms with van der Waals surface area (Å²) in [6.07, 6.45) is 0. The molecular weight excluding hydrogens is 368 g/mol. The van der Waals surface area contributed by atoms with Crippen LogP contribution in [0.5, 0.6) is 0 Å². The molecule has 3 heterocycles. The molecule has 0 amide bonds. The summed E-state index contributed by atoms with van der Waals surface area (Å²) in [5.41, 5.74) is -0.0815. The molecule has 136 valence electrons. The Balaban J connectivity index is 1.90. The minimum Gasteiger partial charge on any atom is -0.476 e. The van der Waals surface area contributed by atoms with E-state index in [9.17, 15) is 19.5 Å². The summed E-state index contributed by atoms with van der Waals surface area (Å²) in [5.74, 6) is -0.990. The van der Waals surface area contributed by atoms with E-state index in [0.29, 0.717) is 10.2 Å². The molecule has 0 atom stereocenters. The van der Waals surface area contributed by atoms with Gasteiger partial charge in [0.2, 0.25) is 0 Å². The van der Waals surface area contributed by atoms with E-state index in [-0.39, 0.29) is 34.4 Å². The molecule has 4 aromatic rings. The number of H-pyrrole nitrogens is 1. The zero-order valence-electron chi connectivity index (χ0n) is 14.4. The topological polar surface area (TPSA) is 118 Å². The monoisotopic (exact) mass is 382 g/mol. The molecule has 4 rings (SSSR count). The van der Waals surface area contributed by atoms with E-state index < -0.39 is 11.5 Å². The predicted octanol–water partition coefficient (Wildman–Crippen LogP) is 2.06. The molecule has 27 heavy (non-hydrogen) atoms. The molecule has 0 radical (unpaired) electrons. The van der Waals surface area contributed by atoms with Gasteiger partial charge >= 0.3 is 5.97 Å². The normalized spacial score (nSPS) is 11.3. The lowest BCUT2D eigenvalue weighted by atomic mass is 10.1. The van der Waals surface area contributed by atoms with Crippen molar-refractivity contribution in [2.24, 2.45) is 0 Å². The second-order valence-corrected chi connectivity index (χ2v) is 7.34. The number of nitrogens with one attached hydrogen (secondary N) is 1. The number of aromatic amines is 1. The summed E-state index contributed by atoms with van der Waals surface area (Å²) >= 11 is 1.40. The molecule has 0 unspecified atom stereocenters. The zero-order chi connectivity index (χ0) is 19.3. The number of carboxylic acids is 1. The molecule has 9 heteroatoms. The standard InChI is InChI=1S/C18H14N4O4S/c1-8-9(2)27-16-13(8)15(23)19-12(20-16)7-22-17(24)11-6-4-3-5-10(11)14(21-22)18(25)26/h3-6H,7H2,1-2H3,(H,25,26)(H,19,20,23). The Labute approximate surface area is 155 Å². The molecule has 2 N–H and O–H groups in total. The van der Waals surface area contributed by atoms with Gasteiger partial charge in [-0.05, 0) is 25.5 Å². The Morgan fingerprint density at radius 3 is 2.63 bits per heavy atom. The molecule has 0 aliphatic carbocycles. The van der Waals surface area contributed by atoms with Gasteiger partial charge in [0.15, 0.2) is 5.69 Å². The molecule has 0 fully saturated rings. The Kier molecular flexibility index (Phi) is 3.88. The average Bonchev–Trinajstić information content (AvgIpc) is 2.91. The fraction of sp³-hybridized carbons (Fsp3) is 0.167. The highest BCUT2D eigenvalue weighted by Gasteiger charge is 2.17. The van der Waals surface area contributed by atoms with Crippen LogP contribution in [0.15, 0.2) is 33.9 Å². The smallest absolute Gasteiger partial charge is 0.357 e. The number of aromatic carboxylic acids is 1. The highest BCUT2D eigenvalue weighted by Crippen LogP contribution is 2.25. The van der Waals surface area contributed by atoms with Gasteiger partial charge in [0.1, 0.15) is 17.2 Å². The molecule has 0 saturated carbocycles. The minimum absolute atomic E-state index is 0.134. The van der Waals surface area contributed by atoms with E-state index in [1.54, 1.807) is 24.3 Å². The van der Waals surface area contributed by atoms with Crippen LogP contribution in [0.3, 0.4) is 0 Å². The highest BCUT2D eigenvalue weighted by atomic mass is 32.1. The number of fused-ring (bicyclic) bond motifs is 2. The van der Waals surface area contributed by atoms with Gasteiger partial charge in [0, 0.05) is 10.3 Å². The Bertz CT molecular complexity index is 1350. The summed E-state index contributed by atoms with van der Waals surface area (Å²) in [6, 6.07) is 6.40. The quantitative estimate of drug-likeness (QED) is 0.560. The fourth-order valence-corrected chi connectivity index (χ4v) is 4.07. The largest absolute Gasteiger partial charge is 0.476 e. The van der Waals surface area contributed by atoms with Crippen molar-refractivity contribution in [2.45, 2.75) is 20.4 Å². The lowest BCUT2D eigenvalue weighted by Gasteiger charge is -2.08. The molecule has 0 bridgehead atoms. The van der Waals surface area contributed by atoms with E-state index in [4.69, 9.17) is 0 Å². The number of carbonyl (C=O) groups is 1. The molecular formula is C18H14N4O4S. The molecule has 0 saturated heterocycles. The Hall–Kier alpha value is -3.33. The lowest BCUT2D eigenvalue weighted by molar-refractivity contribution is 0.0690. The maximum absolute atomic E-state index is 12.7. The van der Waals surface area contributed by atoms with Gasteiger partial charge in [-0.25, -0.2) is 14.5 Å². The number of rotatable bonds is 3. The summed E-state index contributed by atoms with van der Waals surface area (Å²) in [5, 5.41) is 14.5. The van der Waals surface area contributed by atoms with Crippen molar-refractivity contribution < 1.29 is 9.90 Å². The van der Waals surface area contributed by atoms with Gasteiger partial charge in [-0.3, -0.25) is 9.59 Å². The summed E-state index contributed by atoms with van der Waals surface area (Å²) in [4.78, 5) is 45.3. The van der Waals surface area contributed by atoms with Crippen LogP contribution in [0.1, 0.15) is 26.8 Å². The first-order valence-corrected chi connectivity index (χ1v) is 8.90. The van der Waals surface area contributed by atoms with Crippen molar-refractivity contribution >= 4 is 38.3 Å². The first kappa shape index (κ1) is 17.1. The highest BCUT2D eigenvalue weighted by molar-refractivity contribution is 7.18. The van der Waals surface area contributed by atoms with Crippen molar-refractivity contribution in [1.82, 2.24) is 19.7 Å². The number of thiophene rings is 1. The first-order valence-electron chi connectivity index (χ1n) is 8.09. The van der Waals surface area contributed by atoms with Crippen LogP contribution in [-0.4, -0.2) is 30.8 Å². The van der Waals surface area contributed by atoms with Crippen LogP contribution in [0, 0.1) is 13.8 Å². The third-order valence-corrected chi connectivity index (χ3v) is 5.56. The number of benzene rings is 1. The van der Waals surface area contributed by atoms with Gasteiger partial charge in [0.05, 0.1) is 10.8 Å². The van der Waals surface area contributed by atoms with Gasteiger partial charge in [-0.15, -0.1) is 11.3 Å². The van der Waals surface area contributed by atoms with Crippen molar-refractivity contribution in [2.75, 3.05) is 0 Å². The average molecular weight is 382 g/mol. The maximum atomic E-state index is 12.7.